The first-order valence-corrected chi connectivity index (χ1v) is 5.15. The van der Waals surface area contributed by atoms with E-state index in [1.807, 2.05) is 12.1 Å². The van der Waals surface area contributed by atoms with Gasteiger partial charge in [-0.25, -0.2) is 0 Å². The van der Waals surface area contributed by atoms with Crippen molar-refractivity contribution in [2.24, 2.45) is 0 Å². The van der Waals surface area contributed by atoms with Gasteiger partial charge in [-0.15, -0.1) is 11.8 Å². The van der Waals surface area contributed by atoms with Gasteiger partial charge in [-0.05, 0) is 17.7 Å². The summed E-state index contributed by atoms with van der Waals surface area (Å²) in [5.41, 5.74) is 1.07. The first kappa shape index (κ1) is 7.65. The Morgan fingerprint density at radius 3 is 3.18 bits per heavy atom. The third-order valence-corrected chi connectivity index (χ3v) is 3.37. The second-order valence-corrected chi connectivity index (χ2v) is 4.49. The molecule has 3 heteroatoms. The van der Waals surface area contributed by atoms with Crippen LogP contribution in [-0.4, -0.2) is 10.9 Å². The van der Waals surface area contributed by atoms with Crippen LogP contribution < -0.4 is 0 Å². The van der Waals surface area contributed by atoms with Gasteiger partial charge in [0.1, 0.15) is 0 Å². The van der Waals surface area contributed by atoms with Crippen LogP contribution in [0.4, 0.5) is 0 Å². The number of halogens is 1. The van der Waals surface area contributed by atoms with Crippen LogP contribution in [-0.2, 0) is 0 Å². The van der Waals surface area contributed by atoms with E-state index in [0.717, 1.165) is 15.8 Å². The average Bonchev–Trinajstić information content (AvgIpc) is 2.32. The van der Waals surface area contributed by atoms with E-state index >= 15 is 0 Å². The van der Waals surface area contributed by atoms with Crippen molar-refractivity contribution in [1.29, 1.82) is 0 Å². The van der Waals surface area contributed by atoms with Crippen molar-refractivity contribution in [3.05, 3.63) is 28.2 Å². The molecule has 1 aromatic carbocycles. The zero-order valence-electron chi connectivity index (χ0n) is 5.75. The van der Waals surface area contributed by atoms with Crippen LogP contribution in [0, 0.1) is 0 Å². The molecule has 0 saturated heterocycles. The lowest BCUT2D eigenvalue weighted by atomic mass is 10.1. The van der Waals surface area contributed by atoms with Crippen molar-refractivity contribution >= 4 is 27.7 Å². The lowest BCUT2D eigenvalue weighted by Gasteiger charge is -2.00. The molecule has 0 aromatic heterocycles. The first-order chi connectivity index (χ1) is 5.27. The van der Waals surface area contributed by atoms with Gasteiger partial charge < -0.3 is 5.11 Å². The van der Waals surface area contributed by atoms with Crippen LogP contribution >= 0.6 is 27.7 Å². The topological polar surface area (TPSA) is 20.2 Å². The molecule has 1 unspecified atom stereocenters. The van der Waals surface area contributed by atoms with Gasteiger partial charge in [-0.3, -0.25) is 0 Å². The third kappa shape index (κ3) is 1.33. The fraction of sp³-hybridized carbons (Fsp3) is 0.250. The molecule has 11 heavy (non-hydrogen) atoms. The molecule has 0 fully saturated rings. The summed E-state index contributed by atoms with van der Waals surface area (Å²) in [5, 5.41) is 9.44. The van der Waals surface area contributed by atoms with Crippen LogP contribution in [0.5, 0.6) is 0 Å². The molecule has 1 aliphatic rings. The number of fused-ring (bicyclic) bond motifs is 1. The molecule has 0 saturated carbocycles. The second-order valence-electron chi connectivity index (χ2n) is 2.51. The van der Waals surface area contributed by atoms with Crippen LogP contribution in [0.2, 0.25) is 0 Å². The molecule has 0 spiro atoms. The third-order valence-electron chi connectivity index (χ3n) is 1.73. The smallest absolute Gasteiger partial charge is 0.0894 e. The van der Waals surface area contributed by atoms with Gasteiger partial charge in [0.15, 0.2) is 0 Å². The Hall–Kier alpha value is 0.01000. The normalized spacial score (nSPS) is 21.8. The molecule has 1 atom stereocenters. The highest BCUT2D eigenvalue weighted by Gasteiger charge is 2.20. The highest BCUT2D eigenvalue weighted by Crippen LogP contribution is 2.39. The molecule has 1 nitrogen and oxygen atoms in total. The minimum Gasteiger partial charge on any atom is -0.387 e. The minimum atomic E-state index is -0.261. The van der Waals surface area contributed by atoms with Crippen molar-refractivity contribution in [3.8, 4) is 0 Å². The number of aliphatic hydroxyl groups excluding tert-OH is 1. The predicted molar refractivity (Wildman–Crippen MR) is 49.8 cm³/mol. The molecule has 1 aromatic rings. The molecule has 1 heterocycles. The summed E-state index contributed by atoms with van der Waals surface area (Å²) < 4.78 is 1.08. The van der Waals surface area contributed by atoms with E-state index in [1.54, 1.807) is 11.8 Å². The fourth-order valence-corrected chi connectivity index (χ4v) is 2.78. The maximum absolute atomic E-state index is 9.44. The molecule has 0 aliphatic carbocycles. The van der Waals surface area contributed by atoms with Gasteiger partial charge in [-0.1, -0.05) is 22.0 Å². The summed E-state index contributed by atoms with van der Waals surface area (Å²) in [6.07, 6.45) is -0.261. The fourth-order valence-electron chi connectivity index (χ4n) is 1.17. The zero-order valence-corrected chi connectivity index (χ0v) is 8.15. The molecule has 2 rings (SSSR count). The number of benzene rings is 1. The van der Waals surface area contributed by atoms with Gasteiger partial charge in [0.05, 0.1) is 6.10 Å². The predicted octanol–water partition coefficient (Wildman–Crippen LogP) is 2.59. The molecule has 0 bridgehead atoms. The summed E-state index contributed by atoms with van der Waals surface area (Å²) in [6.45, 7) is 0. The Labute approximate surface area is 77.9 Å². The lowest BCUT2D eigenvalue weighted by molar-refractivity contribution is 0.205. The van der Waals surface area contributed by atoms with Crippen molar-refractivity contribution in [3.63, 3.8) is 0 Å². The maximum Gasteiger partial charge on any atom is 0.0894 e. The second kappa shape index (κ2) is 2.81. The van der Waals surface area contributed by atoms with Crippen LogP contribution in [0.3, 0.4) is 0 Å². The molecular weight excluding hydrogens is 224 g/mol. The number of hydrogen-bond acceptors (Lipinski definition) is 2. The monoisotopic (exact) mass is 230 g/mol. The molecule has 0 radical (unpaired) electrons. The van der Waals surface area contributed by atoms with E-state index in [0.29, 0.717) is 0 Å². The van der Waals surface area contributed by atoms with Crippen molar-refractivity contribution in [1.82, 2.24) is 0 Å². The van der Waals surface area contributed by atoms with Crippen LogP contribution in [0.15, 0.2) is 27.6 Å². The summed E-state index contributed by atoms with van der Waals surface area (Å²) in [4.78, 5) is 1.20. The van der Waals surface area contributed by atoms with Crippen molar-refractivity contribution < 1.29 is 5.11 Å². The highest BCUT2D eigenvalue weighted by atomic mass is 79.9. The summed E-state index contributed by atoms with van der Waals surface area (Å²) >= 11 is 5.10. The first-order valence-electron chi connectivity index (χ1n) is 3.37. The van der Waals surface area contributed by atoms with Gasteiger partial charge in [0.25, 0.3) is 0 Å². The van der Waals surface area contributed by atoms with E-state index in [1.165, 1.54) is 4.90 Å². The SMILES string of the molecule is OC1CSc2cc(Br)ccc21. The summed E-state index contributed by atoms with van der Waals surface area (Å²) in [7, 11) is 0. The highest BCUT2D eigenvalue weighted by molar-refractivity contribution is 9.10. The zero-order chi connectivity index (χ0) is 7.84. The molecule has 1 aliphatic heterocycles. The largest absolute Gasteiger partial charge is 0.387 e. The Morgan fingerprint density at radius 1 is 1.55 bits per heavy atom. The summed E-state index contributed by atoms with van der Waals surface area (Å²) in [5.74, 6) is 0.797. The van der Waals surface area contributed by atoms with Crippen molar-refractivity contribution in [2.75, 3.05) is 5.75 Å². The van der Waals surface area contributed by atoms with Gasteiger partial charge in [0, 0.05) is 15.1 Å². The Balaban J connectivity index is 2.50. The number of rotatable bonds is 0. The quantitative estimate of drug-likeness (QED) is 0.740. The Morgan fingerprint density at radius 2 is 2.36 bits per heavy atom. The average molecular weight is 231 g/mol. The van der Waals surface area contributed by atoms with E-state index in [4.69, 9.17) is 0 Å². The molecular formula is C8H7BrOS. The van der Waals surface area contributed by atoms with E-state index in [-0.39, 0.29) is 6.10 Å². The Bertz CT molecular complexity index is 287. The van der Waals surface area contributed by atoms with Crippen LogP contribution in [0.25, 0.3) is 0 Å². The molecule has 58 valence electrons. The Kier molecular flexibility index (Phi) is 1.95. The standard InChI is InChI=1S/C8H7BrOS/c9-5-1-2-6-7(10)4-11-8(6)3-5/h1-3,7,10H,4H2. The van der Waals surface area contributed by atoms with E-state index in [2.05, 4.69) is 22.0 Å². The van der Waals surface area contributed by atoms with Gasteiger partial charge >= 0.3 is 0 Å². The van der Waals surface area contributed by atoms with Crippen LogP contribution in [0.1, 0.15) is 11.7 Å². The number of thioether (sulfide) groups is 1. The van der Waals surface area contributed by atoms with E-state index < -0.39 is 0 Å². The minimum absolute atomic E-state index is 0.261. The van der Waals surface area contributed by atoms with Gasteiger partial charge in [-0.2, -0.15) is 0 Å². The maximum atomic E-state index is 9.44. The number of aliphatic hydroxyl groups is 1. The molecule has 1 N–H and O–H groups in total. The van der Waals surface area contributed by atoms with Gasteiger partial charge in [0.2, 0.25) is 0 Å². The van der Waals surface area contributed by atoms with E-state index in [9.17, 15) is 5.11 Å². The molecule has 0 amide bonds. The number of hydrogen-bond donors (Lipinski definition) is 1. The van der Waals surface area contributed by atoms with Crippen molar-refractivity contribution in [2.45, 2.75) is 11.0 Å². The lowest BCUT2D eigenvalue weighted by Crippen LogP contribution is -1.92. The summed E-state index contributed by atoms with van der Waals surface area (Å²) in [6, 6.07) is 5.99.